The summed E-state index contributed by atoms with van der Waals surface area (Å²) < 4.78 is 0. The van der Waals surface area contributed by atoms with Gasteiger partial charge in [0.1, 0.15) is 0 Å². The molecule has 2 nitrogen and oxygen atoms in total. The molecule has 0 aromatic heterocycles. The molecule has 0 amide bonds. The fourth-order valence-corrected chi connectivity index (χ4v) is 1.07. The maximum Gasteiger partial charge on any atom is 0.0219 e. The molecule has 12 heavy (non-hydrogen) atoms. The van der Waals surface area contributed by atoms with Gasteiger partial charge in [0.05, 0.1) is 0 Å². The van der Waals surface area contributed by atoms with Gasteiger partial charge in [0.2, 0.25) is 0 Å². The second-order valence-corrected chi connectivity index (χ2v) is 3.01. The molecule has 0 aromatic carbocycles. The van der Waals surface area contributed by atoms with Gasteiger partial charge in [0, 0.05) is 19.1 Å². The highest BCUT2D eigenvalue weighted by atomic mass is 15.1. The Morgan fingerprint density at radius 3 is 2.42 bits per heavy atom. The molecule has 0 rings (SSSR count). The Morgan fingerprint density at radius 2 is 2.00 bits per heavy atom. The van der Waals surface area contributed by atoms with Crippen molar-refractivity contribution in [2.45, 2.75) is 26.8 Å². The van der Waals surface area contributed by atoms with Crippen molar-refractivity contribution in [3.05, 3.63) is 12.7 Å². The molecule has 2 heteroatoms. The third kappa shape index (κ3) is 5.33. The first-order valence-corrected chi connectivity index (χ1v) is 4.82. The van der Waals surface area contributed by atoms with Gasteiger partial charge in [-0.1, -0.05) is 19.9 Å². The third-order valence-corrected chi connectivity index (χ3v) is 2.14. The van der Waals surface area contributed by atoms with E-state index in [4.69, 9.17) is 0 Å². The van der Waals surface area contributed by atoms with Gasteiger partial charge in [-0.05, 0) is 20.0 Å². The maximum atomic E-state index is 3.72. The summed E-state index contributed by atoms with van der Waals surface area (Å²) in [5.41, 5.74) is 0. The van der Waals surface area contributed by atoms with Crippen LogP contribution in [0.25, 0.3) is 0 Å². The highest BCUT2D eigenvalue weighted by Gasteiger charge is 1.98. The SMILES string of the molecule is C=CC(C)NCCN(CC)CC. The van der Waals surface area contributed by atoms with Crippen molar-refractivity contribution in [1.29, 1.82) is 0 Å². The van der Waals surface area contributed by atoms with Crippen molar-refractivity contribution >= 4 is 0 Å². The highest BCUT2D eigenvalue weighted by molar-refractivity contribution is 4.81. The lowest BCUT2D eigenvalue weighted by atomic mass is 10.3. The van der Waals surface area contributed by atoms with E-state index in [2.05, 4.69) is 37.6 Å². The summed E-state index contributed by atoms with van der Waals surface area (Å²) in [5, 5.41) is 3.37. The van der Waals surface area contributed by atoms with E-state index in [-0.39, 0.29) is 0 Å². The van der Waals surface area contributed by atoms with Gasteiger partial charge < -0.3 is 10.2 Å². The molecule has 0 aliphatic heterocycles. The summed E-state index contributed by atoms with van der Waals surface area (Å²) in [5.74, 6) is 0. The first-order valence-electron chi connectivity index (χ1n) is 4.82. The smallest absolute Gasteiger partial charge is 0.0219 e. The van der Waals surface area contributed by atoms with Crippen LogP contribution < -0.4 is 5.32 Å². The van der Waals surface area contributed by atoms with Crippen LogP contribution in [-0.2, 0) is 0 Å². The summed E-state index contributed by atoms with van der Waals surface area (Å²) in [7, 11) is 0. The molecule has 0 aliphatic rings. The van der Waals surface area contributed by atoms with Crippen LogP contribution in [0.2, 0.25) is 0 Å². The van der Waals surface area contributed by atoms with Crippen LogP contribution >= 0.6 is 0 Å². The number of likely N-dealkylation sites (N-methyl/N-ethyl adjacent to an activating group) is 1. The van der Waals surface area contributed by atoms with Gasteiger partial charge in [-0.3, -0.25) is 0 Å². The average Bonchev–Trinajstić information content (AvgIpc) is 2.12. The Hall–Kier alpha value is -0.340. The molecule has 0 saturated heterocycles. The lowest BCUT2D eigenvalue weighted by Gasteiger charge is -2.19. The number of hydrogen-bond acceptors (Lipinski definition) is 2. The molecule has 0 fully saturated rings. The topological polar surface area (TPSA) is 15.3 Å². The van der Waals surface area contributed by atoms with E-state index in [9.17, 15) is 0 Å². The fraction of sp³-hybridized carbons (Fsp3) is 0.800. The summed E-state index contributed by atoms with van der Waals surface area (Å²) in [6.07, 6.45) is 1.93. The fourth-order valence-electron chi connectivity index (χ4n) is 1.07. The molecule has 1 unspecified atom stereocenters. The summed E-state index contributed by atoms with van der Waals surface area (Å²) >= 11 is 0. The van der Waals surface area contributed by atoms with Gasteiger partial charge >= 0.3 is 0 Å². The molecule has 72 valence electrons. The predicted octanol–water partition coefficient (Wildman–Crippen LogP) is 1.49. The Morgan fingerprint density at radius 1 is 1.42 bits per heavy atom. The van der Waals surface area contributed by atoms with Crippen molar-refractivity contribution < 1.29 is 0 Å². The van der Waals surface area contributed by atoms with Crippen LogP contribution in [0.1, 0.15) is 20.8 Å². The Labute approximate surface area is 76.6 Å². The molecule has 0 aliphatic carbocycles. The monoisotopic (exact) mass is 170 g/mol. The summed E-state index contributed by atoms with van der Waals surface area (Å²) in [6, 6.07) is 0.431. The number of hydrogen-bond donors (Lipinski definition) is 1. The second kappa shape index (κ2) is 7.32. The minimum Gasteiger partial charge on any atom is -0.310 e. The lowest BCUT2D eigenvalue weighted by Crippen LogP contribution is -2.35. The number of rotatable bonds is 7. The van der Waals surface area contributed by atoms with Crippen LogP contribution in [0.15, 0.2) is 12.7 Å². The van der Waals surface area contributed by atoms with Gasteiger partial charge in [-0.15, -0.1) is 6.58 Å². The van der Waals surface area contributed by atoms with Crippen molar-refractivity contribution in [1.82, 2.24) is 10.2 Å². The first kappa shape index (κ1) is 11.7. The Bertz CT molecular complexity index is 108. The van der Waals surface area contributed by atoms with E-state index in [1.165, 1.54) is 0 Å². The average molecular weight is 170 g/mol. The van der Waals surface area contributed by atoms with Gasteiger partial charge in [-0.2, -0.15) is 0 Å². The van der Waals surface area contributed by atoms with Gasteiger partial charge in [0.15, 0.2) is 0 Å². The number of nitrogens with one attached hydrogen (secondary N) is 1. The molecule has 0 heterocycles. The van der Waals surface area contributed by atoms with E-state index in [1.807, 2.05) is 6.08 Å². The second-order valence-electron chi connectivity index (χ2n) is 3.01. The van der Waals surface area contributed by atoms with Crippen LogP contribution in [0.3, 0.4) is 0 Å². The standard InChI is InChI=1S/C10H22N2/c1-5-10(4)11-8-9-12(6-2)7-3/h5,10-11H,1,6-9H2,2-4H3. The molecule has 0 spiro atoms. The molecule has 1 N–H and O–H groups in total. The molecule has 1 atom stereocenters. The quantitative estimate of drug-likeness (QED) is 0.582. The lowest BCUT2D eigenvalue weighted by molar-refractivity contribution is 0.300. The predicted molar refractivity (Wildman–Crippen MR) is 55.4 cm³/mol. The third-order valence-electron chi connectivity index (χ3n) is 2.14. The van der Waals surface area contributed by atoms with E-state index < -0.39 is 0 Å². The van der Waals surface area contributed by atoms with Crippen LogP contribution in [0.4, 0.5) is 0 Å². The summed E-state index contributed by atoms with van der Waals surface area (Å²) in [4.78, 5) is 2.41. The summed E-state index contributed by atoms with van der Waals surface area (Å²) in [6.45, 7) is 14.7. The highest BCUT2D eigenvalue weighted by Crippen LogP contribution is 1.86. The van der Waals surface area contributed by atoms with Crippen LogP contribution in [0, 0.1) is 0 Å². The van der Waals surface area contributed by atoms with Crippen LogP contribution in [-0.4, -0.2) is 37.1 Å². The van der Waals surface area contributed by atoms with Crippen molar-refractivity contribution in [3.8, 4) is 0 Å². The Balaban J connectivity index is 3.34. The minimum atomic E-state index is 0.431. The maximum absolute atomic E-state index is 3.72. The zero-order valence-electron chi connectivity index (χ0n) is 8.64. The van der Waals surface area contributed by atoms with Crippen molar-refractivity contribution in [2.75, 3.05) is 26.2 Å². The van der Waals surface area contributed by atoms with E-state index in [0.717, 1.165) is 26.2 Å². The minimum absolute atomic E-state index is 0.431. The first-order chi connectivity index (χ1) is 5.74. The normalized spacial score (nSPS) is 13.3. The van der Waals surface area contributed by atoms with E-state index in [1.54, 1.807) is 0 Å². The van der Waals surface area contributed by atoms with Gasteiger partial charge in [0.25, 0.3) is 0 Å². The van der Waals surface area contributed by atoms with E-state index in [0.29, 0.717) is 6.04 Å². The van der Waals surface area contributed by atoms with Crippen molar-refractivity contribution in [3.63, 3.8) is 0 Å². The molecular weight excluding hydrogens is 148 g/mol. The van der Waals surface area contributed by atoms with Gasteiger partial charge in [-0.25, -0.2) is 0 Å². The number of nitrogens with zero attached hydrogens (tertiary/aromatic N) is 1. The molecule has 0 bridgehead atoms. The van der Waals surface area contributed by atoms with Crippen LogP contribution in [0.5, 0.6) is 0 Å². The molecular formula is C10H22N2. The Kier molecular flexibility index (Phi) is 7.11. The molecule has 0 radical (unpaired) electrons. The zero-order valence-corrected chi connectivity index (χ0v) is 8.64. The van der Waals surface area contributed by atoms with Crippen molar-refractivity contribution in [2.24, 2.45) is 0 Å². The zero-order chi connectivity index (χ0) is 9.40. The molecule has 0 saturated carbocycles. The van der Waals surface area contributed by atoms with E-state index >= 15 is 0 Å². The largest absolute Gasteiger partial charge is 0.310 e. The molecule has 0 aromatic rings.